The molecule has 0 aromatic heterocycles. The lowest BCUT2D eigenvalue weighted by molar-refractivity contribution is -0.129. The van der Waals surface area contributed by atoms with Crippen molar-refractivity contribution in [3.63, 3.8) is 0 Å². The highest BCUT2D eigenvalue weighted by Gasteiger charge is 2.11. The third kappa shape index (κ3) is 6.45. The van der Waals surface area contributed by atoms with E-state index in [1.807, 2.05) is 26.1 Å². The van der Waals surface area contributed by atoms with E-state index in [0.29, 0.717) is 18.2 Å². The molecule has 0 fully saturated rings. The minimum Gasteiger partial charge on any atom is -0.497 e. The van der Waals surface area contributed by atoms with Crippen LogP contribution in [0.25, 0.3) is 5.76 Å². The summed E-state index contributed by atoms with van der Waals surface area (Å²) in [5.74, 6) is 0.893. The van der Waals surface area contributed by atoms with Crippen molar-refractivity contribution >= 4 is 11.7 Å². The highest BCUT2D eigenvalue weighted by Crippen LogP contribution is 2.14. The predicted octanol–water partition coefficient (Wildman–Crippen LogP) is 3.43. The monoisotopic (exact) mass is 318 g/mol. The van der Waals surface area contributed by atoms with Gasteiger partial charge in [-0.05, 0) is 25.3 Å². The Morgan fingerprint density at radius 3 is 2.48 bits per heavy atom. The minimum atomic E-state index is 0.218. The van der Waals surface area contributed by atoms with Gasteiger partial charge in [0.1, 0.15) is 5.76 Å². The molecule has 0 aliphatic carbocycles. The maximum Gasteiger partial charge on any atom is 0.222 e. The van der Waals surface area contributed by atoms with E-state index >= 15 is 0 Å². The third-order valence-corrected chi connectivity index (χ3v) is 4.22. The average molecular weight is 318 g/mol. The molecule has 1 aromatic rings. The first kappa shape index (κ1) is 19.2. The van der Waals surface area contributed by atoms with E-state index in [1.54, 1.807) is 12.0 Å². The second kappa shape index (κ2) is 10.1. The number of hydrogen-bond donors (Lipinski definition) is 1. The third-order valence-electron chi connectivity index (χ3n) is 4.22. The van der Waals surface area contributed by atoms with Crippen molar-refractivity contribution in [1.29, 1.82) is 0 Å². The lowest BCUT2D eigenvalue weighted by Gasteiger charge is -2.19. The number of hydrogen-bond acceptors (Lipinski definition) is 3. The van der Waals surface area contributed by atoms with E-state index in [0.717, 1.165) is 31.5 Å². The second-order valence-corrected chi connectivity index (χ2v) is 5.76. The highest BCUT2D eigenvalue weighted by atomic mass is 16.5. The zero-order valence-electron chi connectivity index (χ0n) is 14.9. The van der Waals surface area contributed by atoms with Crippen LogP contribution in [-0.4, -0.2) is 37.6 Å². The lowest BCUT2D eigenvalue weighted by atomic mass is 10.1. The van der Waals surface area contributed by atoms with Crippen molar-refractivity contribution < 1.29 is 9.53 Å². The fraction of sp³-hybridized carbons (Fsp3) is 0.526. The summed E-state index contributed by atoms with van der Waals surface area (Å²) >= 11 is 0. The van der Waals surface area contributed by atoms with Crippen molar-refractivity contribution in [2.45, 2.75) is 45.7 Å². The molecular weight excluding hydrogens is 288 g/mol. The van der Waals surface area contributed by atoms with Crippen molar-refractivity contribution in [1.82, 2.24) is 10.2 Å². The first-order chi connectivity index (χ1) is 11.0. The van der Waals surface area contributed by atoms with Crippen molar-refractivity contribution in [3.8, 4) is 0 Å². The summed E-state index contributed by atoms with van der Waals surface area (Å²) in [7, 11) is 3.48. The van der Waals surface area contributed by atoms with Gasteiger partial charge in [-0.2, -0.15) is 0 Å². The quantitative estimate of drug-likeness (QED) is 0.672. The number of rotatable bonds is 10. The molecule has 0 radical (unpaired) electrons. The van der Waals surface area contributed by atoms with Crippen molar-refractivity contribution in [3.05, 3.63) is 42.0 Å². The van der Waals surface area contributed by atoms with Gasteiger partial charge in [0.05, 0.1) is 7.11 Å². The minimum absolute atomic E-state index is 0.218. The van der Waals surface area contributed by atoms with Gasteiger partial charge < -0.3 is 15.0 Å². The second-order valence-electron chi connectivity index (χ2n) is 5.76. The van der Waals surface area contributed by atoms with Gasteiger partial charge in [-0.25, -0.2) is 0 Å². The number of amides is 1. The lowest BCUT2D eigenvalue weighted by Crippen LogP contribution is -2.31. The Kier molecular flexibility index (Phi) is 8.41. The Morgan fingerprint density at radius 1 is 1.30 bits per heavy atom. The van der Waals surface area contributed by atoms with Crippen LogP contribution in [0.2, 0.25) is 0 Å². The van der Waals surface area contributed by atoms with Crippen LogP contribution in [0, 0.1) is 0 Å². The van der Waals surface area contributed by atoms with E-state index in [4.69, 9.17) is 4.74 Å². The molecule has 1 rings (SSSR count). The molecule has 1 N–H and O–H groups in total. The number of carbonyl (C=O) groups is 1. The Bertz CT molecular complexity index is 497. The molecule has 1 atom stereocenters. The molecule has 0 spiro atoms. The largest absolute Gasteiger partial charge is 0.497 e. The van der Waals surface area contributed by atoms with Crippen LogP contribution in [-0.2, 0) is 16.1 Å². The summed E-state index contributed by atoms with van der Waals surface area (Å²) < 4.78 is 5.13. The first-order valence-corrected chi connectivity index (χ1v) is 8.31. The van der Waals surface area contributed by atoms with Gasteiger partial charge in [0.15, 0.2) is 0 Å². The Morgan fingerprint density at radius 2 is 1.96 bits per heavy atom. The normalized spacial score (nSPS) is 11.8. The zero-order valence-corrected chi connectivity index (χ0v) is 14.9. The summed E-state index contributed by atoms with van der Waals surface area (Å²) in [6, 6.07) is 8.55. The summed E-state index contributed by atoms with van der Waals surface area (Å²) in [6.45, 7) is 9.56. The summed E-state index contributed by atoms with van der Waals surface area (Å²) in [6.07, 6.45) is 2.49. The van der Waals surface area contributed by atoms with Crippen LogP contribution in [0.5, 0.6) is 0 Å². The number of nitrogens with one attached hydrogen (secondary N) is 1. The maximum absolute atomic E-state index is 11.9. The van der Waals surface area contributed by atoms with E-state index < -0.39 is 0 Å². The molecule has 4 heteroatoms. The Balaban J connectivity index is 2.45. The molecule has 0 unspecified atom stereocenters. The fourth-order valence-corrected chi connectivity index (χ4v) is 2.30. The highest BCUT2D eigenvalue weighted by molar-refractivity contribution is 5.75. The molecule has 0 heterocycles. The molecular formula is C19H30N2O2. The van der Waals surface area contributed by atoms with Gasteiger partial charge in [-0.1, -0.05) is 37.8 Å². The van der Waals surface area contributed by atoms with E-state index in [-0.39, 0.29) is 5.91 Å². The van der Waals surface area contributed by atoms with Crippen LogP contribution in [0.3, 0.4) is 0 Å². The van der Waals surface area contributed by atoms with Gasteiger partial charge in [0, 0.05) is 38.2 Å². The van der Waals surface area contributed by atoms with E-state index in [1.165, 1.54) is 5.56 Å². The van der Waals surface area contributed by atoms with E-state index in [2.05, 4.69) is 31.0 Å². The van der Waals surface area contributed by atoms with Crippen molar-refractivity contribution in [2.24, 2.45) is 0 Å². The zero-order chi connectivity index (χ0) is 17.2. The van der Waals surface area contributed by atoms with Crippen LogP contribution in [0.4, 0.5) is 0 Å². The summed E-state index contributed by atoms with van der Waals surface area (Å²) in [5.41, 5.74) is 2.21. The van der Waals surface area contributed by atoms with Gasteiger partial charge in [-0.15, -0.1) is 0 Å². The molecule has 4 nitrogen and oxygen atoms in total. The van der Waals surface area contributed by atoms with Crippen LogP contribution in [0.1, 0.15) is 44.2 Å². The summed E-state index contributed by atoms with van der Waals surface area (Å²) in [5, 5.41) is 3.54. The molecule has 0 bridgehead atoms. The number of ether oxygens (including phenoxy) is 1. The first-order valence-electron chi connectivity index (χ1n) is 8.31. The number of methoxy groups -OCH3 is 1. The molecule has 1 aromatic carbocycles. The number of carbonyl (C=O) groups excluding carboxylic acids is 1. The smallest absolute Gasteiger partial charge is 0.222 e. The summed E-state index contributed by atoms with van der Waals surface area (Å²) in [4.78, 5) is 13.6. The van der Waals surface area contributed by atoms with Crippen LogP contribution < -0.4 is 5.32 Å². The molecule has 1 amide bonds. The average Bonchev–Trinajstić information content (AvgIpc) is 2.60. The molecule has 0 aliphatic rings. The fourth-order valence-electron chi connectivity index (χ4n) is 2.30. The maximum atomic E-state index is 11.9. The van der Waals surface area contributed by atoms with Gasteiger partial charge in [-0.3, -0.25) is 4.79 Å². The van der Waals surface area contributed by atoms with Gasteiger partial charge >= 0.3 is 0 Å². The van der Waals surface area contributed by atoms with Gasteiger partial charge in [0.25, 0.3) is 0 Å². The molecule has 0 saturated heterocycles. The predicted molar refractivity (Wildman–Crippen MR) is 95.9 cm³/mol. The van der Waals surface area contributed by atoms with Crippen LogP contribution in [0.15, 0.2) is 30.8 Å². The van der Waals surface area contributed by atoms with Crippen molar-refractivity contribution in [2.75, 3.05) is 20.7 Å². The number of nitrogens with zero attached hydrogens (tertiary/aromatic N) is 1. The number of benzene rings is 1. The molecule has 23 heavy (non-hydrogen) atoms. The molecule has 0 saturated carbocycles. The molecule has 128 valence electrons. The molecule has 0 aliphatic heterocycles. The van der Waals surface area contributed by atoms with Crippen LogP contribution >= 0.6 is 0 Å². The Hall–Kier alpha value is -1.81. The standard InChI is InChI=1S/C19H30N2O2/c1-6-18(12-13-19(22)21(4)7-2)20-14-16-8-10-17(11-9-16)15(3)23-5/h8-11,18,20H,3,6-7,12-14H2,1-2,4-5H3/t18-/m1/s1. The SMILES string of the molecule is C=C(OC)c1ccc(CN[C@H](CC)CCC(=O)N(C)CC)cc1. The Labute approximate surface area is 140 Å². The van der Waals surface area contributed by atoms with Gasteiger partial charge in [0.2, 0.25) is 5.91 Å². The van der Waals surface area contributed by atoms with E-state index in [9.17, 15) is 4.79 Å². The topological polar surface area (TPSA) is 41.6 Å².